The molecule has 6 nitrogen and oxygen atoms in total. The number of hydrogen-bond donors (Lipinski definition) is 0. The summed E-state index contributed by atoms with van der Waals surface area (Å²) in [5.74, 6) is 0.729. The number of rotatable bonds is 5. The Bertz CT molecular complexity index is 870. The third-order valence-electron chi connectivity index (χ3n) is 4.26. The maximum atomic E-state index is 13.2. The van der Waals surface area contributed by atoms with Crippen molar-refractivity contribution in [2.75, 3.05) is 33.9 Å². The summed E-state index contributed by atoms with van der Waals surface area (Å²) < 4.78 is 43.9. The Kier molecular flexibility index (Phi) is 5.72. The van der Waals surface area contributed by atoms with Gasteiger partial charge in [-0.25, -0.2) is 8.42 Å². The minimum absolute atomic E-state index is 0.0797. The summed E-state index contributed by atoms with van der Waals surface area (Å²) in [6.07, 6.45) is -0.354. The zero-order valence-corrected chi connectivity index (χ0v) is 16.1. The standard InChI is InChI=1S/C18H20ClNO5S/c1-23-15-7-8-16(24-2)18(11-15)26(21,22)20-9-10-25-17(12-20)13-3-5-14(19)6-4-13/h3-8,11,17H,9-10,12H2,1-2H3. The first-order chi connectivity index (χ1) is 12.5. The van der Waals surface area contributed by atoms with Crippen LogP contribution in [0.1, 0.15) is 11.7 Å². The fourth-order valence-electron chi connectivity index (χ4n) is 2.85. The Hall–Kier alpha value is -1.80. The smallest absolute Gasteiger partial charge is 0.247 e. The van der Waals surface area contributed by atoms with Crippen molar-refractivity contribution < 1.29 is 22.6 Å². The van der Waals surface area contributed by atoms with Crippen molar-refractivity contribution in [3.8, 4) is 11.5 Å². The molecule has 0 aromatic heterocycles. The maximum Gasteiger partial charge on any atom is 0.247 e. The second-order valence-corrected chi connectivity index (χ2v) is 8.13. The lowest BCUT2D eigenvalue weighted by Gasteiger charge is -2.32. The summed E-state index contributed by atoms with van der Waals surface area (Å²) in [6, 6.07) is 11.9. The second-order valence-electron chi connectivity index (χ2n) is 5.79. The van der Waals surface area contributed by atoms with E-state index in [1.54, 1.807) is 24.3 Å². The summed E-state index contributed by atoms with van der Waals surface area (Å²) in [5.41, 5.74) is 0.881. The molecule has 0 radical (unpaired) electrons. The van der Waals surface area contributed by atoms with Crippen molar-refractivity contribution >= 4 is 21.6 Å². The molecule has 0 bridgehead atoms. The van der Waals surface area contributed by atoms with E-state index in [2.05, 4.69) is 0 Å². The van der Waals surface area contributed by atoms with Gasteiger partial charge in [0.1, 0.15) is 16.4 Å². The number of hydrogen-bond acceptors (Lipinski definition) is 5. The summed E-state index contributed by atoms with van der Waals surface area (Å²) in [6.45, 7) is 0.788. The number of nitrogens with zero attached hydrogens (tertiary/aromatic N) is 1. The minimum atomic E-state index is -3.76. The molecule has 1 saturated heterocycles. The minimum Gasteiger partial charge on any atom is -0.497 e. The van der Waals surface area contributed by atoms with Gasteiger partial charge < -0.3 is 14.2 Å². The van der Waals surface area contributed by atoms with Gasteiger partial charge in [-0.1, -0.05) is 23.7 Å². The topological polar surface area (TPSA) is 65.1 Å². The summed E-state index contributed by atoms with van der Waals surface area (Å²) in [7, 11) is -0.833. The lowest BCUT2D eigenvalue weighted by Crippen LogP contribution is -2.42. The predicted octanol–water partition coefficient (Wildman–Crippen LogP) is 3.12. The van der Waals surface area contributed by atoms with Crippen molar-refractivity contribution in [1.82, 2.24) is 4.31 Å². The van der Waals surface area contributed by atoms with Crippen LogP contribution in [0.4, 0.5) is 0 Å². The van der Waals surface area contributed by atoms with Gasteiger partial charge >= 0.3 is 0 Å². The molecule has 1 unspecified atom stereocenters. The molecule has 1 fully saturated rings. The molecule has 3 rings (SSSR count). The fourth-order valence-corrected chi connectivity index (χ4v) is 4.57. The van der Waals surface area contributed by atoms with Crippen molar-refractivity contribution in [1.29, 1.82) is 0 Å². The van der Waals surface area contributed by atoms with Crippen LogP contribution in [0.2, 0.25) is 5.02 Å². The lowest BCUT2D eigenvalue weighted by atomic mass is 10.1. The first-order valence-corrected chi connectivity index (χ1v) is 9.86. The third kappa shape index (κ3) is 3.81. The number of halogens is 1. The Morgan fingerprint density at radius 3 is 2.50 bits per heavy atom. The van der Waals surface area contributed by atoms with Gasteiger partial charge in [-0.05, 0) is 29.8 Å². The number of morpholine rings is 1. The van der Waals surface area contributed by atoms with Crippen molar-refractivity contribution in [3.05, 3.63) is 53.1 Å². The van der Waals surface area contributed by atoms with Crippen molar-refractivity contribution in [2.45, 2.75) is 11.0 Å². The quantitative estimate of drug-likeness (QED) is 0.775. The van der Waals surface area contributed by atoms with E-state index in [-0.39, 0.29) is 29.8 Å². The summed E-state index contributed by atoms with van der Waals surface area (Å²) >= 11 is 5.92. The van der Waals surface area contributed by atoms with Crippen LogP contribution in [-0.2, 0) is 14.8 Å². The molecule has 2 aromatic rings. The summed E-state index contributed by atoms with van der Waals surface area (Å²) in [5, 5.41) is 0.621. The molecule has 140 valence electrons. The molecule has 8 heteroatoms. The Labute approximate surface area is 158 Å². The van der Waals surface area contributed by atoms with Gasteiger partial charge in [0, 0.05) is 24.2 Å². The van der Waals surface area contributed by atoms with E-state index in [0.29, 0.717) is 17.4 Å². The van der Waals surface area contributed by atoms with Gasteiger partial charge in [0.2, 0.25) is 10.0 Å². The molecule has 1 aliphatic heterocycles. The van der Waals surface area contributed by atoms with E-state index in [9.17, 15) is 8.42 Å². The average molecular weight is 398 g/mol. The van der Waals surface area contributed by atoms with Crippen LogP contribution >= 0.6 is 11.6 Å². The first-order valence-electron chi connectivity index (χ1n) is 8.05. The molecule has 0 N–H and O–H groups in total. The van der Waals surface area contributed by atoms with Gasteiger partial charge in [-0.2, -0.15) is 4.31 Å². The van der Waals surface area contributed by atoms with Crippen LogP contribution < -0.4 is 9.47 Å². The lowest BCUT2D eigenvalue weighted by molar-refractivity contribution is -0.00259. The zero-order chi connectivity index (χ0) is 18.7. The molecule has 0 aliphatic carbocycles. The molecule has 0 amide bonds. The first kappa shape index (κ1) is 19.0. The van der Waals surface area contributed by atoms with Crippen molar-refractivity contribution in [2.24, 2.45) is 0 Å². The van der Waals surface area contributed by atoms with Crippen LogP contribution in [0.5, 0.6) is 11.5 Å². The molecule has 1 heterocycles. The Morgan fingerprint density at radius 2 is 1.85 bits per heavy atom. The molecule has 26 heavy (non-hydrogen) atoms. The molecule has 1 atom stereocenters. The second kappa shape index (κ2) is 7.84. The van der Waals surface area contributed by atoms with Gasteiger partial charge in [-0.15, -0.1) is 0 Å². The van der Waals surface area contributed by atoms with Crippen LogP contribution in [0.25, 0.3) is 0 Å². The number of sulfonamides is 1. The Balaban J connectivity index is 1.90. The molecular weight excluding hydrogens is 378 g/mol. The molecular formula is C18H20ClNO5S. The molecule has 1 aliphatic rings. The van der Waals surface area contributed by atoms with Crippen LogP contribution in [-0.4, -0.2) is 46.6 Å². The normalized spacial score (nSPS) is 18.5. The zero-order valence-electron chi connectivity index (χ0n) is 14.5. The van der Waals surface area contributed by atoms with Crippen LogP contribution in [0.15, 0.2) is 47.4 Å². The van der Waals surface area contributed by atoms with Gasteiger partial charge in [0.05, 0.1) is 26.9 Å². The highest BCUT2D eigenvalue weighted by atomic mass is 35.5. The predicted molar refractivity (Wildman–Crippen MR) is 98.4 cm³/mol. The van der Waals surface area contributed by atoms with Crippen LogP contribution in [0, 0.1) is 0 Å². The van der Waals surface area contributed by atoms with E-state index < -0.39 is 10.0 Å². The highest BCUT2D eigenvalue weighted by Gasteiger charge is 2.33. The highest BCUT2D eigenvalue weighted by molar-refractivity contribution is 7.89. The van der Waals surface area contributed by atoms with E-state index in [4.69, 9.17) is 25.8 Å². The average Bonchev–Trinajstić information content (AvgIpc) is 2.68. The maximum absolute atomic E-state index is 13.2. The number of methoxy groups -OCH3 is 2. The fraction of sp³-hybridized carbons (Fsp3) is 0.333. The SMILES string of the molecule is COc1ccc(OC)c(S(=O)(=O)N2CCOC(c3ccc(Cl)cc3)C2)c1. The number of benzene rings is 2. The molecule has 0 spiro atoms. The van der Waals surface area contributed by atoms with E-state index >= 15 is 0 Å². The third-order valence-corrected chi connectivity index (χ3v) is 6.40. The summed E-state index contributed by atoms with van der Waals surface area (Å²) in [4.78, 5) is 0.0797. The van der Waals surface area contributed by atoms with E-state index in [0.717, 1.165) is 5.56 Å². The largest absolute Gasteiger partial charge is 0.497 e. The molecule has 0 saturated carbocycles. The van der Waals surface area contributed by atoms with Gasteiger partial charge in [0.25, 0.3) is 0 Å². The van der Waals surface area contributed by atoms with Gasteiger partial charge in [0.15, 0.2) is 0 Å². The number of ether oxygens (including phenoxy) is 3. The van der Waals surface area contributed by atoms with E-state index in [1.165, 1.54) is 24.6 Å². The monoisotopic (exact) mass is 397 g/mol. The highest BCUT2D eigenvalue weighted by Crippen LogP contribution is 2.33. The Morgan fingerprint density at radius 1 is 1.12 bits per heavy atom. The molecule has 2 aromatic carbocycles. The van der Waals surface area contributed by atoms with E-state index in [1.807, 2.05) is 12.1 Å². The van der Waals surface area contributed by atoms with Crippen molar-refractivity contribution in [3.63, 3.8) is 0 Å². The van der Waals surface area contributed by atoms with Gasteiger partial charge in [-0.3, -0.25) is 0 Å². The van der Waals surface area contributed by atoms with Crippen LogP contribution in [0.3, 0.4) is 0 Å².